The van der Waals surface area contributed by atoms with Crippen LogP contribution >= 0.6 is 0 Å². The highest BCUT2D eigenvalue weighted by Crippen LogP contribution is 2.18. The van der Waals surface area contributed by atoms with E-state index in [9.17, 15) is 13.2 Å². The molecule has 0 unspecified atom stereocenters. The Bertz CT molecular complexity index is 787. The van der Waals surface area contributed by atoms with Crippen LogP contribution in [-0.2, 0) is 6.42 Å². The van der Waals surface area contributed by atoms with Gasteiger partial charge in [-0.15, -0.1) is 0 Å². The predicted molar refractivity (Wildman–Crippen MR) is 98.6 cm³/mol. The topological polar surface area (TPSA) is 28.5 Å². The van der Waals surface area contributed by atoms with Gasteiger partial charge in [-0.2, -0.15) is 5.10 Å². The molecule has 26 heavy (non-hydrogen) atoms. The minimum atomic E-state index is -2.43. The van der Waals surface area contributed by atoms with E-state index in [0.717, 1.165) is 6.08 Å². The quantitative estimate of drug-likeness (QED) is 0.644. The number of aromatic nitrogens is 1. The molecule has 0 aromatic carbocycles. The van der Waals surface area contributed by atoms with E-state index < -0.39 is 12.3 Å². The summed E-state index contributed by atoms with van der Waals surface area (Å²) in [6.45, 7) is 9.46. The molecule has 0 saturated carbocycles. The van der Waals surface area contributed by atoms with Crippen LogP contribution in [-0.4, -0.2) is 28.7 Å². The minimum Gasteiger partial charge on any atom is -0.261 e. The number of hydrogen-bond acceptors (Lipinski definition) is 3. The molecule has 1 aromatic heterocycles. The Hall–Kier alpha value is -2.89. The number of rotatable bonds is 7. The fourth-order valence-corrected chi connectivity index (χ4v) is 2.26. The first-order chi connectivity index (χ1) is 12.4. The highest BCUT2D eigenvalue weighted by atomic mass is 19.3. The zero-order valence-electron chi connectivity index (χ0n) is 14.5. The van der Waals surface area contributed by atoms with E-state index >= 15 is 0 Å². The molecule has 0 saturated heterocycles. The minimum absolute atomic E-state index is 0.326. The van der Waals surface area contributed by atoms with Gasteiger partial charge in [0.25, 0.3) is 0 Å². The van der Waals surface area contributed by atoms with E-state index in [4.69, 9.17) is 0 Å². The summed E-state index contributed by atoms with van der Waals surface area (Å²) in [6, 6.07) is 3.26. The van der Waals surface area contributed by atoms with Gasteiger partial charge in [-0.3, -0.25) is 9.99 Å². The molecule has 1 aromatic rings. The second-order valence-corrected chi connectivity index (χ2v) is 5.60. The first-order valence-electron chi connectivity index (χ1n) is 8.04. The van der Waals surface area contributed by atoms with Gasteiger partial charge < -0.3 is 0 Å². The normalized spacial score (nSPS) is 15.5. The van der Waals surface area contributed by atoms with Gasteiger partial charge in [-0.25, -0.2) is 13.2 Å². The maximum atomic E-state index is 13.4. The van der Waals surface area contributed by atoms with Gasteiger partial charge in [-0.05, 0) is 48.9 Å². The maximum absolute atomic E-state index is 13.4. The van der Waals surface area contributed by atoms with Crippen LogP contribution in [0.15, 0.2) is 84.1 Å². The molecule has 2 heterocycles. The summed E-state index contributed by atoms with van der Waals surface area (Å²) in [5.74, 6) is -0.431. The molecule has 1 aliphatic heterocycles. The van der Waals surface area contributed by atoms with Crippen LogP contribution in [0.2, 0.25) is 0 Å². The second-order valence-electron chi connectivity index (χ2n) is 5.60. The molecule has 2 rings (SSSR count). The fourth-order valence-electron chi connectivity index (χ4n) is 2.26. The van der Waals surface area contributed by atoms with Crippen LogP contribution in [0.5, 0.6) is 0 Å². The summed E-state index contributed by atoms with van der Waals surface area (Å²) in [5.41, 5.74) is 3.02. The fraction of sp³-hybridized carbons (Fsp3) is 0.200. The Morgan fingerprint density at radius 3 is 2.65 bits per heavy atom. The van der Waals surface area contributed by atoms with Crippen molar-refractivity contribution >= 4 is 5.71 Å². The highest BCUT2D eigenvalue weighted by molar-refractivity contribution is 6.09. The van der Waals surface area contributed by atoms with E-state index in [1.165, 1.54) is 12.3 Å². The third-order valence-electron chi connectivity index (χ3n) is 3.70. The van der Waals surface area contributed by atoms with Crippen molar-refractivity contribution in [1.29, 1.82) is 0 Å². The van der Waals surface area contributed by atoms with Crippen LogP contribution in [0.1, 0.15) is 18.2 Å². The number of allylic oxidation sites excluding steroid dienone is 5. The van der Waals surface area contributed by atoms with Crippen molar-refractivity contribution in [2.75, 3.05) is 6.54 Å². The molecule has 6 heteroatoms. The van der Waals surface area contributed by atoms with Crippen molar-refractivity contribution in [3.63, 3.8) is 0 Å². The zero-order valence-corrected chi connectivity index (χ0v) is 14.5. The Balaban J connectivity index is 2.20. The Kier molecular flexibility index (Phi) is 6.72. The average molecular weight is 359 g/mol. The van der Waals surface area contributed by atoms with Crippen molar-refractivity contribution in [3.8, 4) is 0 Å². The number of halogens is 3. The molecule has 0 atom stereocenters. The first kappa shape index (κ1) is 19.4. The third kappa shape index (κ3) is 5.31. The Morgan fingerprint density at radius 2 is 2.08 bits per heavy atom. The Labute approximate surface area is 151 Å². The smallest absolute Gasteiger partial charge is 0.244 e. The lowest BCUT2D eigenvalue weighted by molar-refractivity contribution is 0.148. The van der Waals surface area contributed by atoms with E-state index in [0.29, 0.717) is 34.8 Å². The van der Waals surface area contributed by atoms with Crippen molar-refractivity contribution in [3.05, 3.63) is 90.2 Å². The van der Waals surface area contributed by atoms with Crippen LogP contribution < -0.4 is 0 Å². The molecule has 3 nitrogen and oxygen atoms in total. The van der Waals surface area contributed by atoms with E-state index in [2.05, 4.69) is 23.2 Å². The van der Waals surface area contributed by atoms with Crippen molar-refractivity contribution in [1.82, 2.24) is 9.99 Å². The van der Waals surface area contributed by atoms with Gasteiger partial charge in [0.15, 0.2) is 0 Å². The van der Waals surface area contributed by atoms with Crippen molar-refractivity contribution < 1.29 is 13.2 Å². The molecule has 1 aliphatic rings. The van der Waals surface area contributed by atoms with E-state index in [1.54, 1.807) is 42.3 Å². The van der Waals surface area contributed by atoms with Gasteiger partial charge in [0, 0.05) is 17.5 Å². The second kappa shape index (κ2) is 8.99. The lowest BCUT2D eigenvalue weighted by Gasteiger charge is -2.24. The van der Waals surface area contributed by atoms with Crippen molar-refractivity contribution in [2.24, 2.45) is 5.10 Å². The van der Waals surface area contributed by atoms with Gasteiger partial charge in [0.1, 0.15) is 5.83 Å². The molecule has 0 fully saturated rings. The summed E-state index contributed by atoms with van der Waals surface area (Å²) < 4.78 is 38.3. The van der Waals surface area contributed by atoms with Gasteiger partial charge in [0.05, 0.1) is 24.4 Å². The number of pyridine rings is 1. The molecule has 0 N–H and O–H groups in total. The predicted octanol–water partition coefficient (Wildman–Crippen LogP) is 4.96. The standard InChI is InChI=1S/C20H20F3N3/c1-4-15(10-17(21)5-2)13-26-14(3)6-9-19(25-26)16-7-8-18(24-12-16)11-20(22)23/h4-10,12,20H,2-3,11,13H2,1H3/b15-4+,17-10+. The molecule has 0 spiro atoms. The largest absolute Gasteiger partial charge is 0.261 e. The average Bonchev–Trinajstić information content (AvgIpc) is 2.62. The monoisotopic (exact) mass is 359 g/mol. The molecule has 0 amide bonds. The molecule has 0 bridgehead atoms. The first-order valence-corrected chi connectivity index (χ1v) is 8.04. The summed E-state index contributed by atoms with van der Waals surface area (Å²) in [7, 11) is 0. The number of hydrazone groups is 1. The molecule has 0 radical (unpaired) electrons. The third-order valence-corrected chi connectivity index (χ3v) is 3.70. The number of alkyl halides is 2. The molecular formula is C20H20F3N3. The van der Waals surface area contributed by atoms with Crippen LogP contribution in [0.3, 0.4) is 0 Å². The highest BCUT2D eigenvalue weighted by Gasteiger charge is 2.14. The molecular weight excluding hydrogens is 339 g/mol. The van der Waals surface area contributed by atoms with Crippen LogP contribution in [0.25, 0.3) is 0 Å². The number of nitrogens with zero attached hydrogens (tertiary/aromatic N) is 3. The van der Waals surface area contributed by atoms with E-state index in [1.807, 2.05) is 0 Å². The maximum Gasteiger partial charge on any atom is 0.244 e. The van der Waals surface area contributed by atoms with Crippen molar-refractivity contribution in [2.45, 2.75) is 19.8 Å². The summed E-state index contributed by atoms with van der Waals surface area (Å²) in [4.78, 5) is 4.05. The molecule has 0 aliphatic carbocycles. The van der Waals surface area contributed by atoms with Crippen LogP contribution in [0, 0.1) is 0 Å². The number of hydrogen-bond donors (Lipinski definition) is 0. The molecule has 136 valence electrons. The summed E-state index contributed by atoms with van der Waals surface area (Å²) in [5, 5.41) is 6.15. The SMILES string of the molecule is C=C/C(F)=C\C(=C/C)CN1N=C(c2ccc(CC(F)F)nc2)C=CC1=C. The van der Waals surface area contributed by atoms with Crippen LogP contribution in [0.4, 0.5) is 13.2 Å². The van der Waals surface area contributed by atoms with Gasteiger partial charge >= 0.3 is 0 Å². The van der Waals surface area contributed by atoms with Gasteiger partial charge in [-0.1, -0.05) is 19.2 Å². The lowest BCUT2D eigenvalue weighted by Crippen LogP contribution is -2.23. The summed E-state index contributed by atoms with van der Waals surface area (Å²) in [6.07, 6.45) is 6.57. The lowest BCUT2D eigenvalue weighted by atomic mass is 10.1. The summed E-state index contributed by atoms with van der Waals surface area (Å²) >= 11 is 0. The zero-order chi connectivity index (χ0) is 19.1. The van der Waals surface area contributed by atoms with Gasteiger partial charge in [0.2, 0.25) is 6.43 Å². The van der Waals surface area contributed by atoms with E-state index in [-0.39, 0.29) is 6.42 Å². The Morgan fingerprint density at radius 1 is 1.31 bits per heavy atom.